The van der Waals surface area contributed by atoms with E-state index in [2.05, 4.69) is 23.6 Å². The first-order valence-corrected chi connectivity index (χ1v) is 8.84. The highest BCUT2D eigenvalue weighted by molar-refractivity contribution is 5.94. The van der Waals surface area contributed by atoms with Crippen molar-refractivity contribution >= 4 is 5.91 Å². The fourth-order valence-corrected chi connectivity index (χ4v) is 3.22. The summed E-state index contributed by atoms with van der Waals surface area (Å²) in [5.74, 6) is -0.0926. The van der Waals surface area contributed by atoms with Gasteiger partial charge in [0.05, 0.1) is 18.8 Å². The number of benzene rings is 2. The maximum absolute atomic E-state index is 12.3. The lowest BCUT2D eigenvalue weighted by Gasteiger charge is -2.22. The zero-order valence-corrected chi connectivity index (χ0v) is 14.5. The molecular formula is C21H21N3O2. The van der Waals surface area contributed by atoms with Gasteiger partial charge in [-0.25, -0.2) is 0 Å². The molecule has 0 unspecified atom stereocenters. The molecule has 132 valence electrons. The maximum Gasteiger partial charge on any atom is 0.251 e. The van der Waals surface area contributed by atoms with Crippen LogP contribution in [0.2, 0.25) is 0 Å². The number of nitrogens with zero attached hydrogens (tertiary/aromatic N) is 2. The quantitative estimate of drug-likeness (QED) is 0.772. The molecule has 5 nitrogen and oxygen atoms in total. The van der Waals surface area contributed by atoms with Crippen LogP contribution in [0.1, 0.15) is 33.3 Å². The maximum atomic E-state index is 12.3. The summed E-state index contributed by atoms with van der Waals surface area (Å²) >= 11 is 0. The highest BCUT2D eigenvalue weighted by atomic mass is 16.5. The standard InChI is InChI=1S/C21H21N3O2/c25-21(17-9-5-2-6-10-17)22-13-19-20-18(11-12-26-19)15-24(23-20)14-16-7-3-1-4-8-16/h1-10,15,19H,11-14H2,(H,22,25)/t19-/m0/s1. The molecule has 0 aliphatic carbocycles. The van der Waals surface area contributed by atoms with E-state index in [0.29, 0.717) is 18.7 Å². The fraction of sp³-hybridized carbons (Fsp3) is 0.238. The van der Waals surface area contributed by atoms with E-state index in [-0.39, 0.29) is 12.0 Å². The molecule has 1 aromatic heterocycles. The summed E-state index contributed by atoms with van der Waals surface area (Å²) in [5.41, 5.74) is 3.99. The molecule has 0 spiro atoms. The predicted molar refractivity (Wildman–Crippen MR) is 98.9 cm³/mol. The third-order valence-electron chi connectivity index (χ3n) is 4.54. The number of fused-ring (bicyclic) bond motifs is 1. The molecule has 1 atom stereocenters. The van der Waals surface area contributed by atoms with E-state index >= 15 is 0 Å². The van der Waals surface area contributed by atoms with E-state index < -0.39 is 0 Å². The Morgan fingerprint density at radius 3 is 2.62 bits per heavy atom. The summed E-state index contributed by atoms with van der Waals surface area (Å²) in [6, 6.07) is 19.5. The molecule has 4 rings (SSSR count). The molecule has 1 aliphatic heterocycles. The van der Waals surface area contributed by atoms with E-state index in [1.54, 1.807) is 12.1 Å². The second-order valence-corrected chi connectivity index (χ2v) is 6.41. The second kappa shape index (κ2) is 7.54. The van der Waals surface area contributed by atoms with Crippen LogP contribution in [0.25, 0.3) is 0 Å². The first-order valence-electron chi connectivity index (χ1n) is 8.84. The van der Waals surface area contributed by atoms with Crippen LogP contribution < -0.4 is 5.32 Å². The summed E-state index contributed by atoms with van der Waals surface area (Å²) in [4.78, 5) is 12.3. The number of rotatable bonds is 5. The Balaban J connectivity index is 1.44. The third kappa shape index (κ3) is 3.68. The largest absolute Gasteiger partial charge is 0.370 e. The Morgan fingerprint density at radius 1 is 1.12 bits per heavy atom. The van der Waals surface area contributed by atoms with Gasteiger partial charge in [-0.15, -0.1) is 0 Å². The smallest absolute Gasteiger partial charge is 0.251 e. The first-order chi connectivity index (χ1) is 12.8. The molecule has 26 heavy (non-hydrogen) atoms. The number of ether oxygens (including phenoxy) is 1. The summed E-state index contributed by atoms with van der Waals surface area (Å²) in [6.45, 7) is 1.80. The van der Waals surface area contributed by atoms with Gasteiger partial charge in [0.25, 0.3) is 5.91 Å². The Kier molecular flexibility index (Phi) is 4.80. The number of hydrogen-bond acceptors (Lipinski definition) is 3. The van der Waals surface area contributed by atoms with Crippen molar-refractivity contribution in [2.75, 3.05) is 13.2 Å². The van der Waals surface area contributed by atoms with Crippen molar-refractivity contribution in [3.8, 4) is 0 Å². The SMILES string of the molecule is O=C(NC[C@@H]1OCCc2cn(Cc3ccccc3)nc21)c1ccccc1. The summed E-state index contributed by atoms with van der Waals surface area (Å²) < 4.78 is 7.82. The molecule has 1 N–H and O–H groups in total. The molecule has 0 fully saturated rings. The lowest BCUT2D eigenvalue weighted by Crippen LogP contribution is -2.31. The van der Waals surface area contributed by atoms with Crippen LogP contribution in [0.15, 0.2) is 66.9 Å². The van der Waals surface area contributed by atoms with Gasteiger partial charge in [0, 0.05) is 18.3 Å². The van der Waals surface area contributed by atoms with Gasteiger partial charge in [0.1, 0.15) is 6.10 Å². The second-order valence-electron chi connectivity index (χ2n) is 6.41. The molecule has 0 saturated carbocycles. The number of aromatic nitrogens is 2. The minimum absolute atomic E-state index is 0.0926. The highest BCUT2D eigenvalue weighted by Crippen LogP contribution is 2.25. The third-order valence-corrected chi connectivity index (χ3v) is 4.54. The molecule has 0 radical (unpaired) electrons. The average Bonchev–Trinajstić information content (AvgIpc) is 3.10. The molecule has 3 aromatic rings. The van der Waals surface area contributed by atoms with E-state index in [1.165, 1.54) is 11.1 Å². The lowest BCUT2D eigenvalue weighted by molar-refractivity contribution is 0.0383. The van der Waals surface area contributed by atoms with E-state index in [9.17, 15) is 4.79 Å². The van der Waals surface area contributed by atoms with Crippen LogP contribution in [-0.2, 0) is 17.7 Å². The van der Waals surface area contributed by atoms with Crippen molar-refractivity contribution in [2.45, 2.75) is 19.1 Å². The lowest BCUT2D eigenvalue weighted by atomic mass is 10.1. The number of amides is 1. The molecule has 1 aliphatic rings. The molecule has 5 heteroatoms. The van der Waals surface area contributed by atoms with Crippen molar-refractivity contribution in [3.63, 3.8) is 0 Å². The van der Waals surface area contributed by atoms with Crippen molar-refractivity contribution in [1.29, 1.82) is 0 Å². The van der Waals surface area contributed by atoms with Gasteiger partial charge >= 0.3 is 0 Å². The topological polar surface area (TPSA) is 56.1 Å². The Bertz CT molecular complexity index is 875. The number of carbonyl (C=O) groups excluding carboxylic acids is 1. The number of nitrogens with one attached hydrogen (secondary N) is 1. The molecule has 1 amide bonds. The van der Waals surface area contributed by atoms with Crippen molar-refractivity contribution < 1.29 is 9.53 Å². The minimum atomic E-state index is -0.205. The monoisotopic (exact) mass is 347 g/mol. The Labute approximate surface area is 152 Å². The minimum Gasteiger partial charge on any atom is -0.370 e. The zero-order chi connectivity index (χ0) is 17.8. The van der Waals surface area contributed by atoms with Gasteiger partial charge in [-0.2, -0.15) is 5.10 Å². The normalized spacial score (nSPS) is 16.1. The number of carbonyl (C=O) groups is 1. The molecule has 0 saturated heterocycles. The Morgan fingerprint density at radius 2 is 1.85 bits per heavy atom. The average molecular weight is 347 g/mol. The van der Waals surface area contributed by atoms with E-state index in [0.717, 1.165) is 18.7 Å². The van der Waals surface area contributed by atoms with Gasteiger partial charge in [0.15, 0.2) is 0 Å². The van der Waals surface area contributed by atoms with Crippen molar-refractivity contribution in [2.24, 2.45) is 0 Å². The summed E-state index contributed by atoms with van der Waals surface area (Å²) in [7, 11) is 0. The summed E-state index contributed by atoms with van der Waals surface area (Å²) in [6.07, 6.45) is 2.74. The Hall–Kier alpha value is -2.92. The van der Waals surface area contributed by atoms with Crippen LogP contribution in [-0.4, -0.2) is 28.8 Å². The van der Waals surface area contributed by atoms with Gasteiger partial charge in [0.2, 0.25) is 0 Å². The van der Waals surface area contributed by atoms with E-state index in [4.69, 9.17) is 9.84 Å². The molecular weight excluding hydrogens is 326 g/mol. The predicted octanol–water partition coefficient (Wildman–Crippen LogP) is 2.98. The summed E-state index contributed by atoms with van der Waals surface area (Å²) in [5, 5.41) is 7.67. The fourth-order valence-electron chi connectivity index (χ4n) is 3.22. The van der Waals surface area contributed by atoms with E-state index in [1.807, 2.05) is 41.1 Å². The van der Waals surface area contributed by atoms with Gasteiger partial charge in [-0.3, -0.25) is 9.48 Å². The van der Waals surface area contributed by atoms with Crippen LogP contribution in [0.5, 0.6) is 0 Å². The molecule has 2 heterocycles. The van der Waals surface area contributed by atoms with Crippen LogP contribution >= 0.6 is 0 Å². The molecule has 2 aromatic carbocycles. The number of hydrogen-bond donors (Lipinski definition) is 1. The van der Waals surface area contributed by atoms with Gasteiger partial charge < -0.3 is 10.1 Å². The zero-order valence-electron chi connectivity index (χ0n) is 14.5. The molecule has 0 bridgehead atoms. The first kappa shape index (κ1) is 16.5. The van der Waals surface area contributed by atoms with Crippen molar-refractivity contribution in [3.05, 3.63) is 89.2 Å². The van der Waals surface area contributed by atoms with Gasteiger partial charge in [-0.05, 0) is 29.7 Å². The van der Waals surface area contributed by atoms with Crippen LogP contribution in [0.4, 0.5) is 0 Å². The van der Waals surface area contributed by atoms with Crippen LogP contribution in [0.3, 0.4) is 0 Å². The van der Waals surface area contributed by atoms with Gasteiger partial charge in [-0.1, -0.05) is 48.5 Å². The highest BCUT2D eigenvalue weighted by Gasteiger charge is 2.25. The van der Waals surface area contributed by atoms with Crippen LogP contribution in [0, 0.1) is 0 Å². The van der Waals surface area contributed by atoms with Crippen molar-refractivity contribution in [1.82, 2.24) is 15.1 Å².